The summed E-state index contributed by atoms with van der Waals surface area (Å²) in [6.45, 7) is 1.43. The zero-order valence-electron chi connectivity index (χ0n) is 14.4. The highest BCUT2D eigenvalue weighted by molar-refractivity contribution is 5.86. The molecular weight excluding hydrogens is 357 g/mol. The first kappa shape index (κ1) is 18.7. The fourth-order valence-electron chi connectivity index (χ4n) is 3.26. The SMILES string of the molecule is C[C@H](c1cccnc1)N(C(=O)O)[C@H](c1cccc2ccccc12)C(F)(F)F. The molecule has 2 aromatic carbocycles. The third-order valence-electron chi connectivity index (χ3n) is 4.51. The molecule has 0 fully saturated rings. The lowest BCUT2D eigenvalue weighted by atomic mass is 9.95. The molecule has 0 aliphatic rings. The standard InChI is InChI=1S/C20H17F3N2O2/c1-13(15-8-5-11-24-12-15)25(19(26)27)18(20(21,22)23)17-10-4-7-14-6-2-3-9-16(14)17/h2-13,18H,1H3,(H,26,27)/t13-,18-/m1/s1. The lowest BCUT2D eigenvalue weighted by Crippen LogP contribution is -2.43. The topological polar surface area (TPSA) is 53.4 Å². The second kappa shape index (κ2) is 7.26. The molecule has 1 N–H and O–H groups in total. The molecule has 1 amide bonds. The number of hydrogen-bond acceptors (Lipinski definition) is 2. The van der Waals surface area contributed by atoms with Crippen molar-refractivity contribution in [1.82, 2.24) is 9.88 Å². The number of pyridine rings is 1. The van der Waals surface area contributed by atoms with Gasteiger partial charge in [-0.1, -0.05) is 48.5 Å². The molecule has 3 rings (SSSR count). The molecule has 4 nitrogen and oxygen atoms in total. The van der Waals surface area contributed by atoms with Crippen molar-refractivity contribution >= 4 is 16.9 Å². The van der Waals surface area contributed by atoms with Crippen LogP contribution in [0.5, 0.6) is 0 Å². The van der Waals surface area contributed by atoms with Crippen LogP contribution < -0.4 is 0 Å². The van der Waals surface area contributed by atoms with Crippen LogP contribution in [0.4, 0.5) is 18.0 Å². The fraction of sp³-hybridized carbons (Fsp3) is 0.200. The van der Waals surface area contributed by atoms with E-state index in [2.05, 4.69) is 4.98 Å². The summed E-state index contributed by atoms with van der Waals surface area (Å²) in [5.74, 6) is 0. The maximum atomic E-state index is 14.1. The highest BCUT2D eigenvalue weighted by atomic mass is 19.4. The van der Waals surface area contributed by atoms with E-state index in [0.717, 1.165) is 0 Å². The van der Waals surface area contributed by atoms with Crippen molar-refractivity contribution in [3.8, 4) is 0 Å². The van der Waals surface area contributed by atoms with Gasteiger partial charge in [0.05, 0.1) is 6.04 Å². The van der Waals surface area contributed by atoms with Crippen molar-refractivity contribution in [2.45, 2.75) is 25.2 Å². The van der Waals surface area contributed by atoms with Crippen molar-refractivity contribution in [2.24, 2.45) is 0 Å². The Hall–Kier alpha value is -3.09. The van der Waals surface area contributed by atoms with Crippen LogP contribution >= 0.6 is 0 Å². The molecule has 0 aliphatic carbocycles. The van der Waals surface area contributed by atoms with E-state index in [4.69, 9.17) is 0 Å². The molecule has 3 aromatic rings. The summed E-state index contributed by atoms with van der Waals surface area (Å²) < 4.78 is 42.3. The molecule has 7 heteroatoms. The molecular formula is C20H17F3N2O2. The number of benzene rings is 2. The second-order valence-electron chi connectivity index (χ2n) is 6.16. The number of halogens is 3. The number of carboxylic acid groups (broad SMARTS) is 1. The summed E-state index contributed by atoms with van der Waals surface area (Å²) in [6, 6.07) is 10.9. The van der Waals surface area contributed by atoms with Gasteiger partial charge < -0.3 is 5.11 Å². The quantitative estimate of drug-likeness (QED) is 0.649. The van der Waals surface area contributed by atoms with Gasteiger partial charge in [0.2, 0.25) is 0 Å². The summed E-state index contributed by atoms with van der Waals surface area (Å²) in [5, 5.41) is 10.7. The van der Waals surface area contributed by atoms with Crippen LogP contribution in [0.15, 0.2) is 67.0 Å². The first-order chi connectivity index (χ1) is 12.8. The lowest BCUT2D eigenvalue weighted by Gasteiger charge is -2.36. The van der Waals surface area contributed by atoms with Gasteiger partial charge in [-0.2, -0.15) is 13.2 Å². The number of alkyl halides is 3. The van der Waals surface area contributed by atoms with Gasteiger partial charge in [-0.25, -0.2) is 4.79 Å². The van der Waals surface area contributed by atoms with Gasteiger partial charge in [-0.05, 0) is 34.9 Å². The van der Waals surface area contributed by atoms with Crippen LogP contribution in [0.25, 0.3) is 10.8 Å². The van der Waals surface area contributed by atoms with Gasteiger partial charge in [0.1, 0.15) is 0 Å². The summed E-state index contributed by atoms with van der Waals surface area (Å²) in [7, 11) is 0. The van der Waals surface area contributed by atoms with E-state index in [1.165, 1.54) is 31.5 Å². The minimum atomic E-state index is -4.79. The normalized spacial score (nSPS) is 13.9. The van der Waals surface area contributed by atoms with Crippen molar-refractivity contribution in [3.63, 3.8) is 0 Å². The molecule has 0 bridgehead atoms. The van der Waals surface area contributed by atoms with E-state index in [-0.39, 0.29) is 5.56 Å². The monoisotopic (exact) mass is 374 g/mol. The Morgan fingerprint density at radius 1 is 1.07 bits per heavy atom. The van der Waals surface area contributed by atoms with Crippen LogP contribution in [0.3, 0.4) is 0 Å². The van der Waals surface area contributed by atoms with Gasteiger partial charge in [0, 0.05) is 12.4 Å². The molecule has 140 valence electrons. The summed E-state index contributed by atoms with van der Waals surface area (Å²) in [6.07, 6.45) is -3.59. The zero-order valence-corrected chi connectivity index (χ0v) is 14.4. The third-order valence-corrected chi connectivity index (χ3v) is 4.51. The molecule has 0 radical (unpaired) electrons. The van der Waals surface area contributed by atoms with Gasteiger partial charge in [-0.3, -0.25) is 9.88 Å². The van der Waals surface area contributed by atoms with Crippen LogP contribution in [0.2, 0.25) is 0 Å². The first-order valence-corrected chi connectivity index (χ1v) is 8.26. The van der Waals surface area contributed by atoms with E-state index >= 15 is 0 Å². The van der Waals surface area contributed by atoms with Gasteiger partial charge >= 0.3 is 12.3 Å². The summed E-state index contributed by atoms with van der Waals surface area (Å²) in [5.41, 5.74) is 0.285. The molecule has 27 heavy (non-hydrogen) atoms. The lowest BCUT2D eigenvalue weighted by molar-refractivity contribution is -0.185. The van der Waals surface area contributed by atoms with E-state index in [9.17, 15) is 23.1 Å². The minimum Gasteiger partial charge on any atom is -0.465 e. The highest BCUT2D eigenvalue weighted by Crippen LogP contribution is 2.44. The average Bonchev–Trinajstić information content (AvgIpc) is 2.64. The highest BCUT2D eigenvalue weighted by Gasteiger charge is 2.49. The maximum absolute atomic E-state index is 14.1. The number of hydrogen-bond donors (Lipinski definition) is 1. The Morgan fingerprint density at radius 3 is 2.41 bits per heavy atom. The van der Waals surface area contributed by atoms with Crippen molar-refractivity contribution < 1.29 is 23.1 Å². The Morgan fingerprint density at radius 2 is 1.78 bits per heavy atom. The van der Waals surface area contributed by atoms with E-state index in [1.807, 2.05) is 0 Å². The molecule has 0 aliphatic heterocycles. The number of nitrogens with zero attached hydrogens (tertiary/aromatic N) is 2. The summed E-state index contributed by atoms with van der Waals surface area (Å²) >= 11 is 0. The number of aromatic nitrogens is 1. The van der Waals surface area contributed by atoms with Crippen LogP contribution in [0, 0.1) is 0 Å². The predicted octanol–water partition coefficient (Wildman–Crippen LogP) is 5.58. The Bertz CT molecular complexity index is 939. The molecule has 0 spiro atoms. The molecule has 2 atom stereocenters. The Balaban J connectivity index is 2.19. The van der Waals surface area contributed by atoms with E-state index in [1.54, 1.807) is 42.5 Å². The van der Waals surface area contributed by atoms with Crippen molar-refractivity contribution in [1.29, 1.82) is 0 Å². The van der Waals surface area contributed by atoms with Crippen LogP contribution in [0.1, 0.15) is 30.1 Å². The molecule has 0 unspecified atom stereocenters. The number of fused-ring (bicyclic) bond motifs is 1. The van der Waals surface area contributed by atoms with E-state index < -0.39 is 24.4 Å². The Kier molecular flexibility index (Phi) is 5.03. The smallest absolute Gasteiger partial charge is 0.413 e. The number of amides is 1. The number of rotatable bonds is 4. The van der Waals surface area contributed by atoms with Gasteiger partial charge in [-0.15, -0.1) is 0 Å². The maximum Gasteiger partial charge on any atom is 0.413 e. The molecule has 1 heterocycles. The zero-order chi connectivity index (χ0) is 19.6. The Labute approximate surface area is 153 Å². The summed E-state index contributed by atoms with van der Waals surface area (Å²) in [4.78, 5) is 16.3. The van der Waals surface area contributed by atoms with E-state index in [0.29, 0.717) is 21.2 Å². The fourth-order valence-corrected chi connectivity index (χ4v) is 3.26. The van der Waals surface area contributed by atoms with Gasteiger partial charge in [0.15, 0.2) is 6.04 Å². The largest absolute Gasteiger partial charge is 0.465 e. The van der Waals surface area contributed by atoms with Crippen LogP contribution in [-0.2, 0) is 0 Å². The molecule has 0 saturated heterocycles. The van der Waals surface area contributed by atoms with Crippen molar-refractivity contribution in [3.05, 3.63) is 78.1 Å². The average molecular weight is 374 g/mol. The molecule has 0 saturated carbocycles. The van der Waals surface area contributed by atoms with Crippen molar-refractivity contribution in [2.75, 3.05) is 0 Å². The first-order valence-electron chi connectivity index (χ1n) is 8.26. The molecule has 1 aromatic heterocycles. The third kappa shape index (κ3) is 3.72. The second-order valence-corrected chi connectivity index (χ2v) is 6.16. The number of carbonyl (C=O) groups is 1. The van der Waals surface area contributed by atoms with Crippen LogP contribution in [-0.4, -0.2) is 27.3 Å². The minimum absolute atomic E-state index is 0.0984. The van der Waals surface area contributed by atoms with Gasteiger partial charge in [0.25, 0.3) is 0 Å². The predicted molar refractivity (Wildman–Crippen MR) is 95.3 cm³/mol.